The number of ether oxygens (including phenoxy) is 1. The molecule has 1 aliphatic carbocycles. The van der Waals surface area contributed by atoms with Crippen molar-refractivity contribution in [1.82, 2.24) is 5.32 Å². The number of nitrogens with one attached hydrogen (secondary N) is 1. The van der Waals surface area contributed by atoms with Crippen molar-refractivity contribution in [1.29, 1.82) is 0 Å². The van der Waals surface area contributed by atoms with E-state index in [4.69, 9.17) is 10.5 Å². The molecule has 0 aromatic rings. The van der Waals surface area contributed by atoms with Gasteiger partial charge in [0.25, 0.3) is 0 Å². The van der Waals surface area contributed by atoms with Crippen molar-refractivity contribution < 1.29 is 9.53 Å². The lowest BCUT2D eigenvalue weighted by molar-refractivity contribution is -0.128. The van der Waals surface area contributed by atoms with Gasteiger partial charge in [-0.1, -0.05) is 6.92 Å². The molecule has 0 spiro atoms. The summed E-state index contributed by atoms with van der Waals surface area (Å²) in [6.45, 7) is 9.33. The average molecular weight is 256 g/mol. The molecule has 3 atom stereocenters. The fraction of sp³-hybridized carbons (Fsp3) is 0.929. The molecule has 106 valence electrons. The van der Waals surface area contributed by atoms with E-state index >= 15 is 0 Å². The first-order valence-corrected chi connectivity index (χ1v) is 7.03. The van der Waals surface area contributed by atoms with E-state index in [1.807, 2.05) is 20.8 Å². The van der Waals surface area contributed by atoms with Gasteiger partial charge in [-0.15, -0.1) is 0 Å². The van der Waals surface area contributed by atoms with E-state index in [-0.39, 0.29) is 23.5 Å². The van der Waals surface area contributed by atoms with Crippen molar-refractivity contribution in [2.24, 2.45) is 17.6 Å². The lowest BCUT2D eigenvalue weighted by Crippen LogP contribution is -2.45. The summed E-state index contributed by atoms with van der Waals surface area (Å²) in [6.07, 6.45) is 2.81. The molecule has 0 saturated heterocycles. The van der Waals surface area contributed by atoms with Crippen LogP contribution in [0.4, 0.5) is 0 Å². The Morgan fingerprint density at radius 1 is 1.44 bits per heavy atom. The maximum absolute atomic E-state index is 12.1. The first-order valence-electron chi connectivity index (χ1n) is 7.03. The van der Waals surface area contributed by atoms with Crippen molar-refractivity contribution in [2.45, 2.75) is 58.6 Å². The molecule has 1 amide bonds. The van der Waals surface area contributed by atoms with Crippen LogP contribution in [0.2, 0.25) is 0 Å². The molecule has 1 fully saturated rings. The van der Waals surface area contributed by atoms with Crippen molar-refractivity contribution in [3.63, 3.8) is 0 Å². The number of amides is 1. The number of hydrogen-bond donors (Lipinski definition) is 2. The third-order valence-electron chi connectivity index (χ3n) is 3.85. The average Bonchev–Trinajstić information content (AvgIpc) is 2.30. The van der Waals surface area contributed by atoms with Crippen molar-refractivity contribution in [2.75, 3.05) is 13.2 Å². The predicted octanol–water partition coefficient (Wildman–Crippen LogP) is 1.68. The molecule has 0 aromatic heterocycles. The van der Waals surface area contributed by atoms with Gasteiger partial charge in [0.05, 0.1) is 5.60 Å². The SMILES string of the molecule is CCOC(C)(C)CNC(=O)C1CCC(C)C(N)C1. The van der Waals surface area contributed by atoms with Gasteiger partial charge >= 0.3 is 0 Å². The van der Waals surface area contributed by atoms with Crippen LogP contribution in [0.25, 0.3) is 0 Å². The van der Waals surface area contributed by atoms with Crippen LogP contribution in [0.5, 0.6) is 0 Å². The number of rotatable bonds is 5. The highest BCUT2D eigenvalue weighted by atomic mass is 16.5. The minimum Gasteiger partial charge on any atom is -0.374 e. The van der Waals surface area contributed by atoms with Crippen LogP contribution in [-0.2, 0) is 9.53 Å². The zero-order chi connectivity index (χ0) is 13.8. The Labute approximate surface area is 111 Å². The summed E-state index contributed by atoms with van der Waals surface area (Å²) >= 11 is 0. The number of hydrogen-bond acceptors (Lipinski definition) is 3. The molecule has 18 heavy (non-hydrogen) atoms. The lowest BCUT2D eigenvalue weighted by Gasteiger charge is -2.32. The molecular weight excluding hydrogens is 228 g/mol. The second-order valence-corrected chi connectivity index (χ2v) is 6.06. The largest absolute Gasteiger partial charge is 0.374 e. The van der Waals surface area contributed by atoms with Crippen LogP contribution in [0.1, 0.15) is 47.0 Å². The number of carbonyl (C=O) groups is 1. The first kappa shape index (κ1) is 15.4. The fourth-order valence-electron chi connectivity index (χ4n) is 2.48. The summed E-state index contributed by atoms with van der Waals surface area (Å²) < 4.78 is 5.57. The summed E-state index contributed by atoms with van der Waals surface area (Å²) in [5.41, 5.74) is 5.73. The highest BCUT2D eigenvalue weighted by Crippen LogP contribution is 2.27. The van der Waals surface area contributed by atoms with Crippen molar-refractivity contribution in [3.05, 3.63) is 0 Å². The van der Waals surface area contributed by atoms with Crippen molar-refractivity contribution in [3.8, 4) is 0 Å². The molecule has 4 nitrogen and oxygen atoms in total. The van der Waals surface area contributed by atoms with Crippen LogP contribution in [0.15, 0.2) is 0 Å². The summed E-state index contributed by atoms with van der Waals surface area (Å²) in [4.78, 5) is 12.1. The Kier molecular flexibility index (Phi) is 5.60. The van der Waals surface area contributed by atoms with Crippen LogP contribution < -0.4 is 11.1 Å². The molecule has 1 aliphatic rings. The summed E-state index contributed by atoms with van der Waals surface area (Å²) in [5.74, 6) is 0.743. The molecule has 1 rings (SSSR count). The zero-order valence-corrected chi connectivity index (χ0v) is 12.2. The van der Waals surface area contributed by atoms with Crippen LogP contribution >= 0.6 is 0 Å². The van der Waals surface area contributed by atoms with Gasteiger partial charge in [0.2, 0.25) is 5.91 Å². The van der Waals surface area contributed by atoms with E-state index in [0.29, 0.717) is 19.1 Å². The minimum atomic E-state index is -0.297. The lowest BCUT2D eigenvalue weighted by atomic mass is 9.79. The fourth-order valence-corrected chi connectivity index (χ4v) is 2.48. The molecule has 4 heteroatoms. The van der Waals surface area contributed by atoms with Gasteiger partial charge in [-0.05, 0) is 46.0 Å². The Balaban J connectivity index is 2.37. The molecule has 1 saturated carbocycles. The topological polar surface area (TPSA) is 64.3 Å². The Bertz CT molecular complexity index is 279. The molecule has 3 N–H and O–H groups in total. The maximum atomic E-state index is 12.1. The van der Waals surface area contributed by atoms with Crippen molar-refractivity contribution >= 4 is 5.91 Å². The van der Waals surface area contributed by atoms with E-state index < -0.39 is 0 Å². The van der Waals surface area contributed by atoms with E-state index in [1.165, 1.54) is 0 Å². The van der Waals surface area contributed by atoms with Gasteiger partial charge in [0, 0.05) is 25.1 Å². The Hall–Kier alpha value is -0.610. The second kappa shape index (κ2) is 6.53. The van der Waals surface area contributed by atoms with Crippen LogP contribution in [-0.4, -0.2) is 30.7 Å². The summed E-state index contributed by atoms with van der Waals surface area (Å²) in [5, 5.41) is 2.99. The Morgan fingerprint density at radius 2 is 2.11 bits per heavy atom. The molecule has 0 aliphatic heterocycles. The normalized spacial score (nSPS) is 29.1. The van der Waals surface area contributed by atoms with Gasteiger partial charge in [-0.3, -0.25) is 4.79 Å². The standard InChI is InChI=1S/C14H28N2O2/c1-5-18-14(3,4)9-16-13(17)11-7-6-10(2)12(15)8-11/h10-12H,5-9,15H2,1-4H3,(H,16,17). The van der Waals surface area contributed by atoms with E-state index in [0.717, 1.165) is 19.3 Å². The van der Waals surface area contributed by atoms with Gasteiger partial charge in [-0.25, -0.2) is 0 Å². The summed E-state index contributed by atoms with van der Waals surface area (Å²) in [7, 11) is 0. The second-order valence-electron chi connectivity index (χ2n) is 6.06. The maximum Gasteiger partial charge on any atom is 0.223 e. The van der Waals surface area contributed by atoms with Gasteiger partial charge < -0.3 is 15.8 Å². The third-order valence-corrected chi connectivity index (χ3v) is 3.85. The van der Waals surface area contributed by atoms with E-state index in [2.05, 4.69) is 12.2 Å². The zero-order valence-electron chi connectivity index (χ0n) is 12.2. The molecule has 0 heterocycles. The van der Waals surface area contributed by atoms with Crippen LogP contribution in [0.3, 0.4) is 0 Å². The monoisotopic (exact) mass is 256 g/mol. The number of nitrogens with two attached hydrogens (primary N) is 1. The highest BCUT2D eigenvalue weighted by Gasteiger charge is 2.30. The smallest absolute Gasteiger partial charge is 0.223 e. The Morgan fingerprint density at radius 3 is 2.67 bits per heavy atom. The molecule has 0 bridgehead atoms. The minimum absolute atomic E-state index is 0.0774. The molecule has 0 aromatic carbocycles. The van der Waals surface area contributed by atoms with Gasteiger partial charge in [0.15, 0.2) is 0 Å². The van der Waals surface area contributed by atoms with Gasteiger partial charge in [-0.2, -0.15) is 0 Å². The highest BCUT2D eigenvalue weighted by molar-refractivity contribution is 5.78. The van der Waals surface area contributed by atoms with E-state index in [1.54, 1.807) is 0 Å². The molecule has 0 radical (unpaired) electrons. The first-order chi connectivity index (χ1) is 8.35. The molecular formula is C14H28N2O2. The van der Waals surface area contributed by atoms with Gasteiger partial charge in [0.1, 0.15) is 0 Å². The summed E-state index contributed by atoms with van der Waals surface area (Å²) in [6, 6.07) is 0.161. The van der Waals surface area contributed by atoms with E-state index in [9.17, 15) is 4.79 Å². The third kappa shape index (κ3) is 4.58. The quantitative estimate of drug-likeness (QED) is 0.786. The predicted molar refractivity (Wildman–Crippen MR) is 73.2 cm³/mol. The molecule has 3 unspecified atom stereocenters. The van der Waals surface area contributed by atoms with Crippen LogP contribution in [0, 0.1) is 11.8 Å². The number of carbonyl (C=O) groups excluding carboxylic acids is 1.